The van der Waals surface area contributed by atoms with Crippen molar-refractivity contribution in [1.29, 1.82) is 0 Å². The smallest absolute Gasteiger partial charge is 0.382 e. The van der Waals surface area contributed by atoms with E-state index in [9.17, 15) is 18.3 Å². The highest BCUT2D eigenvalue weighted by Crippen LogP contribution is 2.30. The van der Waals surface area contributed by atoms with Crippen molar-refractivity contribution in [2.24, 2.45) is 0 Å². The molecule has 1 fully saturated rings. The normalized spacial score (nSPS) is 20.9. The Morgan fingerprint density at radius 3 is 2.58 bits per heavy atom. The number of benzene rings is 1. The lowest BCUT2D eigenvalue weighted by atomic mass is 9.96. The summed E-state index contributed by atoms with van der Waals surface area (Å²) >= 11 is 0. The van der Waals surface area contributed by atoms with Gasteiger partial charge in [-0.25, -0.2) is 4.68 Å². The quantitative estimate of drug-likeness (QED) is 0.930. The van der Waals surface area contributed by atoms with Crippen LogP contribution in [0.4, 0.5) is 13.2 Å². The molecule has 2 aromatic rings. The van der Waals surface area contributed by atoms with E-state index < -0.39 is 18.3 Å². The number of aliphatic hydroxyl groups excluding tert-OH is 1. The molecule has 2 atom stereocenters. The minimum Gasteiger partial charge on any atom is -0.382 e. The molecule has 4 nitrogen and oxygen atoms in total. The molecule has 1 aliphatic rings. The Labute approximate surface area is 138 Å². The van der Waals surface area contributed by atoms with Gasteiger partial charge in [0.2, 0.25) is 0 Å². The van der Waals surface area contributed by atoms with E-state index in [4.69, 9.17) is 0 Å². The van der Waals surface area contributed by atoms with E-state index in [1.54, 1.807) is 15.8 Å². The highest BCUT2D eigenvalue weighted by atomic mass is 19.4. The van der Waals surface area contributed by atoms with Crippen molar-refractivity contribution in [3.8, 4) is 5.69 Å². The van der Waals surface area contributed by atoms with Crippen molar-refractivity contribution in [1.82, 2.24) is 14.7 Å². The van der Waals surface area contributed by atoms with Crippen LogP contribution < -0.4 is 0 Å². The van der Waals surface area contributed by atoms with Gasteiger partial charge in [0.25, 0.3) is 0 Å². The zero-order chi connectivity index (χ0) is 17.2. The van der Waals surface area contributed by atoms with Gasteiger partial charge in [-0.05, 0) is 43.1 Å². The van der Waals surface area contributed by atoms with E-state index in [0.717, 1.165) is 17.7 Å². The van der Waals surface area contributed by atoms with Gasteiger partial charge in [-0.3, -0.25) is 4.90 Å². The summed E-state index contributed by atoms with van der Waals surface area (Å²) in [6, 6.07) is 8.52. The van der Waals surface area contributed by atoms with Gasteiger partial charge in [-0.15, -0.1) is 0 Å². The van der Waals surface area contributed by atoms with Gasteiger partial charge in [0, 0.05) is 25.0 Å². The zero-order valence-corrected chi connectivity index (χ0v) is 13.2. The molecule has 0 unspecified atom stereocenters. The topological polar surface area (TPSA) is 41.3 Å². The maximum atomic E-state index is 12.9. The first-order valence-corrected chi connectivity index (χ1v) is 8.03. The van der Waals surface area contributed by atoms with Crippen LogP contribution in [0.25, 0.3) is 5.69 Å². The molecule has 2 heterocycles. The second-order valence-electron chi connectivity index (χ2n) is 6.14. The highest BCUT2D eigenvalue weighted by Gasteiger charge is 2.46. The predicted molar refractivity (Wildman–Crippen MR) is 83.7 cm³/mol. The molecule has 1 aliphatic heterocycles. The van der Waals surface area contributed by atoms with Crippen LogP contribution in [0.3, 0.4) is 0 Å². The summed E-state index contributed by atoms with van der Waals surface area (Å²) in [5.74, 6) is 0. The van der Waals surface area contributed by atoms with Crippen molar-refractivity contribution >= 4 is 0 Å². The van der Waals surface area contributed by atoms with Gasteiger partial charge in [-0.2, -0.15) is 18.3 Å². The molecule has 1 saturated heterocycles. The summed E-state index contributed by atoms with van der Waals surface area (Å²) in [5, 5.41) is 13.8. The predicted octanol–water partition coefficient (Wildman–Crippen LogP) is 3.15. The molecule has 3 rings (SSSR count). The fourth-order valence-corrected chi connectivity index (χ4v) is 3.20. The Hall–Kier alpha value is -1.86. The molecular formula is C17H20F3N3O. The minimum atomic E-state index is -4.58. The number of hydrogen-bond acceptors (Lipinski definition) is 3. The summed E-state index contributed by atoms with van der Waals surface area (Å²) in [6.45, 7) is 0.968. The summed E-state index contributed by atoms with van der Waals surface area (Å²) < 4.78 is 40.3. The Kier molecular flexibility index (Phi) is 4.91. The van der Waals surface area contributed by atoms with Crippen LogP contribution in [0.15, 0.2) is 42.7 Å². The van der Waals surface area contributed by atoms with Crippen LogP contribution in [0.1, 0.15) is 24.8 Å². The fraction of sp³-hybridized carbons (Fsp3) is 0.471. The monoisotopic (exact) mass is 339 g/mol. The number of rotatable bonds is 4. The number of halogens is 3. The van der Waals surface area contributed by atoms with Crippen LogP contribution in [0, 0.1) is 0 Å². The Morgan fingerprint density at radius 2 is 1.96 bits per heavy atom. The Bertz CT molecular complexity index is 640. The molecule has 0 amide bonds. The second-order valence-corrected chi connectivity index (χ2v) is 6.14. The number of hydrogen-bond donors (Lipinski definition) is 1. The molecule has 7 heteroatoms. The maximum absolute atomic E-state index is 12.9. The zero-order valence-electron chi connectivity index (χ0n) is 13.2. The summed E-state index contributed by atoms with van der Waals surface area (Å²) in [7, 11) is 0. The van der Waals surface area contributed by atoms with Gasteiger partial charge in [-0.1, -0.05) is 18.6 Å². The number of aromatic nitrogens is 2. The lowest BCUT2D eigenvalue weighted by molar-refractivity contribution is -0.225. The van der Waals surface area contributed by atoms with Crippen LogP contribution >= 0.6 is 0 Å². The fourth-order valence-electron chi connectivity index (χ4n) is 3.20. The van der Waals surface area contributed by atoms with Gasteiger partial charge >= 0.3 is 6.18 Å². The van der Waals surface area contributed by atoms with E-state index >= 15 is 0 Å². The highest BCUT2D eigenvalue weighted by molar-refractivity contribution is 5.33. The maximum Gasteiger partial charge on any atom is 0.415 e. The van der Waals surface area contributed by atoms with Gasteiger partial charge in [0.1, 0.15) is 0 Å². The van der Waals surface area contributed by atoms with Crippen molar-refractivity contribution in [3.63, 3.8) is 0 Å². The first-order valence-electron chi connectivity index (χ1n) is 8.03. The molecule has 1 aromatic carbocycles. The van der Waals surface area contributed by atoms with E-state index in [-0.39, 0.29) is 0 Å². The van der Waals surface area contributed by atoms with Crippen LogP contribution in [0.5, 0.6) is 0 Å². The molecular weight excluding hydrogens is 319 g/mol. The minimum absolute atomic E-state index is 0.367. The lowest BCUT2D eigenvalue weighted by Gasteiger charge is -2.39. The van der Waals surface area contributed by atoms with E-state index in [1.807, 2.05) is 36.5 Å². The molecule has 0 bridgehead atoms. The first-order chi connectivity index (χ1) is 11.4. The summed E-state index contributed by atoms with van der Waals surface area (Å²) in [6.07, 6.45) is -1.42. The molecule has 24 heavy (non-hydrogen) atoms. The number of aliphatic hydroxyl groups is 1. The van der Waals surface area contributed by atoms with Crippen molar-refractivity contribution in [2.45, 2.75) is 44.1 Å². The summed E-state index contributed by atoms with van der Waals surface area (Å²) in [5.41, 5.74) is 1.82. The number of alkyl halides is 3. The second kappa shape index (κ2) is 6.94. The number of nitrogens with zero attached hydrogens (tertiary/aromatic N) is 3. The summed E-state index contributed by atoms with van der Waals surface area (Å²) in [4.78, 5) is 1.74. The van der Waals surface area contributed by atoms with Crippen LogP contribution in [-0.4, -0.2) is 44.7 Å². The Morgan fingerprint density at radius 1 is 1.21 bits per heavy atom. The average Bonchev–Trinajstić information content (AvgIpc) is 3.09. The van der Waals surface area contributed by atoms with Crippen molar-refractivity contribution in [3.05, 3.63) is 48.3 Å². The average molecular weight is 339 g/mol. The van der Waals surface area contributed by atoms with Crippen LogP contribution in [0.2, 0.25) is 0 Å². The first kappa shape index (κ1) is 17.0. The lowest BCUT2D eigenvalue weighted by Crippen LogP contribution is -2.51. The molecule has 0 aliphatic carbocycles. The molecule has 0 radical (unpaired) electrons. The van der Waals surface area contributed by atoms with Crippen molar-refractivity contribution in [2.75, 3.05) is 6.54 Å². The van der Waals surface area contributed by atoms with E-state index in [2.05, 4.69) is 5.10 Å². The van der Waals surface area contributed by atoms with E-state index in [1.165, 1.54) is 0 Å². The third-order valence-electron chi connectivity index (χ3n) is 4.46. The van der Waals surface area contributed by atoms with Gasteiger partial charge < -0.3 is 5.11 Å². The van der Waals surface area contributed by atoms with Crippen LogP contribution in [-0.2, 0) is 6.54 Å². The SMILES string of the molecule is O[C@H]([C@H]1CCCCN1Cc1ccc(-n2cccn2)cc1)C(F)(F)F. The molecule has 0 saturated carbocycles. The standard InChI is InChI=1S/C17H20F3N3O/c18-17(19,20)16(24)15-4-1-2-10-22(15)12-13-5-7-14(8-6-13)23-11-3-9-21-23/h3,5-9,11,15-16,24H,1-2,4,10,12H2/t15-,16-/m1/s1. The number of likely N-dealkylation sites (tertiary alicyclic amines) is 1. The van der Waals surface area contributed by atoms with Crippen molar-refractivity contribution < 1.29 is 18.3 Å². The third kappa shape index (κ3) is 3.79. The molecule has 0 spiro atoms. The molecule has 1 N–H and O–H groups in total. The third-order valence-corrected chi connectivity index (χ3v) is 4.46. The molecule has 130 valence electrons. The van der Waals surface area contributed by atoms with Gasteiger partial charge in [0.05, 0.1) is 5.69 Å². The van der Waals surface area contributed by atoms with Gasteiger partial charge in [0.15, 0.2) is 6.10 Å². The molecule has 1 aromatic heterocycles. The number of piperidine rings is 1. The largest absolute Gasteiger partial charge is 0.415 e. The van der Waals surface area contributed by atoms with E-state index in [0.29, 0.717) is 25.9 Å². The Balaban J connectivity index is 1.71.